The monoisotopic (exact) mass is 429 g/mol. The van der Waals surface area contributed by atoms with Gasteiger partial charge in [0.15, 0.2) is 0 Å². The van der Waals surface area contributed by atoms with Crippen LogP contribution in [-0.4, -0.2) is 83.9 Å². The molecule has 1 rings (SSSR count). The molecule has 1 aliphatic heterocycles. The van der Waals surface area contributed by atoms with Gasteiger partial charge < -0.3 is 14.8 Å². The third-order valence-electron chi connectivity index (χ3n) is 4.98. The van der Waals surface area contributed by atoms with E-state index in [-0.39, 0.29) is 65.4 Å². The number of nitrogens with zero attached hydrogens (tertiary/aromatic N) is 2. The molecule has 1 heterocycles. The van der Waals surface area contributed by atoms with E-state index in [0.717, 1.165) is 19.3 Å². The van der Waals surface area contributed by atoms with E-state index in [0.29, 0.717) is 19.5 Å². The van der Waals surface area contributed by atoms with Crippen LogP contribution in [0.3, 0.4) is 0 Å². The number of aliphatic hydroxyl groups excluding tert-OH is 2. The minimum absolute atomic E-state index is 0. The van der Waals surface area contributed by atoms with Crippen molar-refractivity contribution in [3.8, 4) is 0 Å². The predicted molar refractivity (Wildman–Crippen MR) is 102 cm³/mol. The number of hydrogen-bond acceptors (Lipinski definition) is 7. The molecule has 2 unspecified atom stereocenters. The van der Waals surface area contributed by atoms with Crippen LogP contribution < -0.4 is 29.6 Å². The normalized spacial score (nSPS) is 20.5. The Bertz CT molecular complexity index is 599. The van der Waals surface area contributed by atoms with Crippen LogP contribution in [0.4, 0.5) is 0 Å². The number of aliphatic hydroxyl groups is 2. The summed E-state index contributed by atoms with van der Waals surface area (Å²) < 4.78 is 32.6. The Morgan fingerprint density at radius 3 is 2.39 bits per heavy atom. The summed E-state index contributed by atoms with van der Waals surface area (Å²) in [4.78, 5) is 16.9. The molecule has 0 aromatic heterocycles. The Labute approximate surface area is 191 Å². The summed E-state index contributed by atoms with van der Waals surface area (Å²) in [7, 11) is -4.57. The summed E-state index contributed by atoms with van der Waals surface area (Å²) >= 11 is 0. The van der Waals surface area contributed by atoms with Crippen molar-refractivity contribution >= 4 is 21.7 Å². The number of hydrogen-bond donors (Lipinski definition) is 2. The van der Waals surface area contributed by atoms with Crippen molar-refractivity contribution in [3.05, 3.63) is 0 Å². The molecule has 0 saturated heterocycles. The Hall–Kier alpha value is 0.130. The molecule has 0 spiro atoms. The zero-order chi connectivity index (χ0) is 20.3. The van der Waals surface area contributed by atoms with Gasteiger partial charge in [0.05, 0.1) is 29.0 Å². The zero-order valence-electron chi connectivity index (χ0n) is 17.3. The molecule has 0 fully saturated rings. The van der Waals surface area contributed by atoms with E-state index in [4.69, 9.17) is 0 Å². The van der Waals surface area contributed by atoms with E-state index < -0.39 is 22.0 Å². The van der Waals surface area contributed by atoms with Crippen LogP contribution in [0.15, 0.2) is 4.99 Å². The fourth-order valence-electron chi connectivity index (χ4n) is 3.68. The average molecular weight is 430 g/mol. The number of ketones is 1. The number of unbranched alkanes of at least 4 members (excludes halogenated alkanes) is 6. The standard InChI is InChI=1S/C18H34N2O6S.Na/c1-2-3-4-5-6-7-8-9-17(23)18-19-10-11-20(18,12-13-21)14-16(22)15-27(24,25)26;/h16,21-22H,2-15H2,1H3;/q;+1. The number of carbonyl (C=O) groups is 1. The minimum Gasteiger partial charge on any atom is -0.748 e. The molecule has 0 saturated carbocycles. The summed E-state index contributed by atoms with van der Waals surface area (Å²) in [6.07, 6.45) is 6.61. The van der Waals surface area contributed by atoms with Gasteiger partial charge in [-0.25, -0.2) is 13.4 Å². The maximum Gasteiger partial charge on any atom is 1.00 e. The first-order valence-electron chi connectivity index (χ1n) is 9.91. The van der Waals surface area contributed by atoms with Gasteiger partial charge in [-0.05, 0) is 6.42 Å². The fourth-order valence-corrected chi connectivity index (χ4v) is 4.26. The summed E-state index contributed by atoms with van der Waals surface area (Å²) in [5.41, 5.74) is 0. The van der Waals surface area contributed by atoms with Crippen molar-refractivity contribution in [2.24, 2.45) is 4.99 Å². The van der Waals surface area contributed by atoms with E-state index in [1.165, 1.54) is 25.7 Å². The number of quaternary nitrogens is 1. The number of aliphatic imine (C=N–C) groups is 1. The van der Waals surface area contributed by atoms with Crippen LogP contribution in [-0.2, 0) is 14.9 Å². The molecule has 0 aromatic rings. The molecule has 0 aromatic carbocycles. The second-order valence-electron chi connectivity index (χ2n) is 7.38. The van der Waals surface area contributed by atoms with Crippen LogP contribution in [0, 0.1) is 0 Å². The molecule has 1 aliphatic rings. The SMILES string of the molecule is CCCCCCCCCC(=O)C1=NCC[N+]1(CCO)CC(O)CS(=O)(=O)[O-].[Na+]. The number of amidine groups is 1. The van der Waals surface area contributed by atoms with Gasteiger partial charge in [0.1, 0.15) is 25.7 Å². The first-order chi connectivity index (χ1) is 12.7. The number of rotatable bonds is 15. The molecule has 10 heteroatoms. The average Bonchev–Trinajstić information content (AvgIpc) is 2.95. The largest absolute Gasteiger partial charge is 1.00 e. The zero-order valence-corrected chi connectivity index (χ0v) is 20.1. The van der Waals surface area contributed by atoms with Gasteiger partial charge >= 0.3 is 29.6 Å². The van der Waals surface area contributed by atoms with Crippen LogP contribution >= 0.6 is 0 Å². The van der Waals surface area contributed by atoms with Crippen LogP contribution in [0.2, 0.25) is 0 Å². The first-order valence-corrected chi connectivity index (χ1v) is 11.5. The molecular formula is C18H34N2NaO6S+. The minimum atomic E-state index is -4.57. The topological polar surface area (TPSA) is 127 Å². The maximum absolute atomic E-state index is 12.6. The Morgan fingerprint density at radius 2 is 1.82 bits per heavy atom. The van der Waals surface area contributed by atoms with Gasteiger partial charge in [-0.3, -0.25) is 9.28 Å². The molecule has 2 N–H and O–H groups in total. The molecule has 158 valence electrons. The summed E-state index contributed by atoms with van der Waals surface area (Å²) in [5, 5.41) is 19.4. The number of Topliss-reactive ketones (excluding diaryl/α,β-unsaturated/α-hetero) is 1. The van der Waals surface area contributed by atoms with Crippen molar-refractivity contribution < 1.29 is 62.0 Å². The smallest absolute Gasteiger partial charge is 0.748 e. The van der Waals surface area contributed by atoms with Crippen LogP contribution in [0.25, 0.3) is 0 Å². The number of carbonyl (C=O) groups excluding carboxylic acids is 1. The van der Waals surface area contributed by atoms with Crippen molar-refractivity contribution in [2.45, 2.75) is 64.4 Å². The third-order valence-corrected chi connectivity index (χ3v) is 5.77. The summed E-state index contributed by atoms with van der Waals surface area (Å²) in [5.74, 6) is -0.735. The van der Waals surface area contributed by atoms with Crippen molar-refractivity contribution in [1.29, 1.82) is 0 Å². The maximum atomic E-state index is 12.6. The molecule has 28 heavy (non-hydrogen) atoms. The molecule has 0 bridgehead atoms. The second-order valence-corrected chi connectivity index (χ2v) is 8.83. The van der Waals surface area contributed by atoms with Crippen molar-refractivity contribution in [2.75, 3.05) is 38.5 Å². The second kappa shape index (κ2) is 14.2. The van der Waals surface area contributed by atoms with Gasteiger partial charge in [-0.1, -0.05) is 45.4 Å². The molecular weight excluding hydrogens is 395 g/mol. The molecule has 0 aliphatic carbocycles. The first kappa shape index (κ1) is 28.1. The molecule has 0 radical (unpaired) electrons. The van der Waals surface area contributed by atoms with Gasteiger partial charge in [0, 0.05) is 6.42 Å². The summed E-state index contributed by atoms with van der Waals surface area (Å²) in [6, 6.07) is 0. The van der Waals surface area contributed by atoms with Crippen LogP contribution in [0.1, 0.15) is 58.3 Å². The molecule has 2 atom stereocenters. The van der Waals surface area contributed by atoms with E-state index in [9.17, 15) is 28.0 Å². The van der Waals surface area contributed by atoms with Gasteiger partial charge in [-0.15, -0.1) is 0 Å². The Balaban J connectivity index is 0.00000729. The molecule has 0 amide bonds. The molecule has 8 nitrogen and oxygen atoms in total. The third kappa shape index (κ3) is 10.2. The predicted octanol–water partition coefficient (Wildman–Crippen LogP) is -2.17. The Morgan fingerprint density at radius 1 is 1.21 bits per heavy atom. The van der Waals surface area contributed by atoms with E-state index >= 15 is 0 Å². The fraction of sp³-hybridized carbons (Fsp3) is 0.889. The van der Waals surface area contributed by atoms with E-state index in [1.54, 1.807) is 0 Å². The Kier molecular flexibility index (Phi) is 14.3. The van der Waals surface area contributed by atoms with Crippen LogP contribution in [0.5, 0.6) is 0 Å². The van der Waals surface area contributed by atoms with E-state index in [1.807, 2.05) is 0 Å². The van der Waals surface area contributed by atoms with E-state index in [2.05, 4.69) is 11.9 Å². The van der Waals surface area contributed by atoms with Crippen molar-refractivity contribution in [1.82, 2.24) is 0 Å². The van der Waals surface area contributed by atoms with Gasteiger partial charge in [-0.2, -0.15) is 0 Å². The van der Waals surface area contributed by atoms with Gasteiger partial charge in [0.2, 0.25) is 5.78 Å². The van der Waals surface area contributed by atoms with Crippen molar-refractivity contribution in [3.63, 3.8) is 0 Å². The summed E-state index contributed by atoms with van der Waals surface area (Å²) in [6.45, 7) is 2.80. The van der Waals surface area contributed by atoms with Gasteiger partial charge in [0.25, 0.3) is 5.84 Å². The quantitative estimate of drug-likeness (QED) is 0.132.